The molecule has 0 spiro atoms. The number of aromatic nitrogens is 1. The van der Waals surface area contributed by atoms with Gasteiger partial charge < -0.3 is 19.5 Å². The number of nitrogens with zero attached hydrogens (tertiary/aromatic N) is 2. The number of morpholine rings is 1. The fraction of sp³-hybridized carbons (Fsp3) is 0.688. The summed E-state index contributed by atoms with van der Waals surface area (Å²) in [5.41, 5.74) is 3.84. The van der Waals surface area contributed by atoms with Crippen LogP contribution in [0.1, 0.15) is 30.8 Å². The standard InChI is InChI=1S/C16H27N3O2/c1-5-19-12(2)10-15(14(19)4)11-17-13(3)16(20)18-6-8-21-9-7-18/h10,13,17H,5-9,11H2,1-4H3. The Hall–Kier alpha value is -1.33. The van der Waals surface area contributed by atoms with Crippen molar-refractivity contribution >= 4 is 5.91 Å². The van der Waals surface area contributed by atoms with Gasteiger partial charge in [-0.25, -0.2) is 0 Å². The van der Waals surface area contributed by atoms with Crippen LogP contribution in [0.4, 0.5) is 0 Å². The van der Waals surface area contributed by atoms with Crippen LogP contribution in [0.5, 0.6) is 0 Å². The minimum absolute atomic E-state index is 0.159. The predicted molar refractivity (Wildman–Crippen MR) is 83.3 cm³/mol. The highest BCUT2D eigenvalue weighted by Crippen LogP contribution is 2.15. The van der Waals surface area contributed by atoms with Gasteiger partial charge in [0.1, 0.15) is 0 Å². The first-order chi connectivity index (χ1) is 10.0. The maximum Gasteiger partial charge on any atom is 0.239 e. The highest BCUT2D eigenvalue weighted by Gasteiger charge is 2.22. The van der Waals surface area contributed by atoms with E-state index in [0.29, 0.717) is 26.3 Å². The normalized spacial score (nSPS) is 17.0. The van der Waals surface area contributed by atoms with Crippen molar-refractivity contribution < 1.29 is 9.53 Å². The van der Waals surface area contributed by atoms with E-state index in [2.05, 4.69) is 36.7 Å². The van der Waals surface area contributed by atoms with E-state index in [-0.39, 0.29) is 11.9 Å². The lowest BCUT2D eigenvalue weighted by Crippen LogP contribution is -2.49. The van der Waals surface area contributed by atoms with Crippen molar-refractivity contribution in [2.75, 3.05) is 26.3 Å². The van der Waals surface area contributed by atoms with Gasteiger partial charge in [-0.2, -0.15) is 0 Å². The lowest BCUT2D eigenvalue weighted by Gasteiger charge is -2.29. The van der Waals surface area contributed by atoms with Crippen molar-refractivity contribution in [2.45, 2.75) is 46.8 Å². The Bertz CT molecular complexity index is 490. The lowest BCUT2D eigenvalue weighted by molar-refractivity contribution is -0.137. The molecule has 5 nitrogen and oxygen atoms in total. The third-order valence-corrected chi connectivity index (χ3v) is 4.29. The molecule has 1 saturated heterocycles. The van der Waals surface area contributed by atoms with E-state index < -0.39 is 0 Å². The number of carbonyl (C=O) groups excluding carboxylic acids is 1. The molecule has 0 bridgehead atoms. The van der Waals surface area contributed by atoms with Gasteiger partial charge in [-0.1, -0.05) is 0 Å². The highest BCUT2D eigenvalue weighted by molar-refractivity contribution is 5.81. The van der Waals surface area contributed by atoms with Gasteiger partial charge in [0.25, 0.3) is 0 Å². The number of hydrogen-bond acceptors (Lipinski definition) is 3. The first-order valence-electron chi connectivity index (χ1n) is 7.80. The third kappa shape index (κ3) is 3.66. The summed E-state index contributed by atoms with van der Waals surface area (Å²) in [5, 5.41) is 3.36. The molecular formula is C16H27N3O2. The van der Waals surface area contributed by atoms with Crippen LogP contribution in [0.3, 0.4) is 0 Å². The van der Waals surface area contributed by atoms with Crippen molar-refractivity contribution in [3.63, 3.8) is 0 Å². The summed E-state index contributed by atoms with van der Waals surface area (Å²) in [5.74, 6) is 0.169. The zero-order valence-electron chi connectivity index (χ0n) is 13.6. The first kappa shape index (κ1) is 16.0. The van der Waals surface area contributed by atoms with E-state index >= 15 is 0 Å². The van der Waals surface area contributed by atoms with E-state index in [0.717, 1.165) is 13.1 Å². The second-order valence-corrected chi connectivity index (χ2v) is 5.68. The smallest absolute Gasteiger partial charge is 0.239 e. The number of carbonyl (C=O) groups is 1. The summed E-state index contributed by atoms with van der Waals surface area (Å²) in [4.78, 5) is 14.2. The van der Waals surface area contributed by atoms with E-state index in [1.165, 1.54) is 17.0 Å². The Morgan fingerprint density at radius 1 is 1.38 bits per heavy atom. The molecule has 1 amide bonds. The van der Waals surface area contributed by atoms with Crippen LogP contribution in [-0.4, -0.2) is 47.7 Å². The van der Waals surface area contributed by atoms with Crippen LogP contribution < -0.4 is 5.32 Å². The van der Waals surface area contributed by atoms with Crippen LogP contribution in [0.2, 0.25) is 0 Å². The maximum atomic E-state index is 12.3. The van der Waals surface area contributed by atoms with Gasteiger partial charge in [0.15, 0.2) is 0 Å². The molecule has 1 N–H and O–H groups in total. The zero-order chi connectivity index (χ0) is 15.4. The molecule has 1 aliphatic rings. The summed E-state index contributed by atoms with van der Waals surface area (Å²) < 4.78 is 7.58. The van der Waals surface area contributed by atoms with Gasteiger partial charge in [0.2, 0.25) is 5.91 Å². The third-order valence-electron chi connectivity index (χ3n) is 4.29. The molecule has 1 aromatic heterocycles. The lowest BCUT2D eigenvalue weighted by atomic mass is 10.2. The summed E-state index contributed by atoms with van der Waals surface area (Å²) in [6, 6.07) is 2.05. The van der Waals surface area contributed by atoms with Gasteiger partial charge in [0.05, 0.1) is 19.3 Å². The van der Waals surface area contributed by atoms with Gasteiger partial charge in [-0.15, -0.1) is 0 Å². The van der Waals surface area contributed by atoms with Crippen molar-refractivity contribution in [3.8, 4) is 0 Å². The van der Waals surface area contributed by atoms with Crippen LogP contribution >= 0.6 is 0 Å². The minimum atomic E-state index is -0.159. The van der Waals surface area contributed by atoms with Gasteiger partial charge in [-0.05, 0) is 39.3 Å². The molecule has 0 saturated carbocycles. The monoisotopic (exact) mass is 293 g/mol. The SMILES string of the molecule is CCn1c(C)cc(CNC(C)C(=O)N2CCOCC2)c1C. The van der Waals surface area contributed by atoms with Crippen molar-refractivity contribution in [3.05, 3.63) is 23.0 Å². The summed E-state index contributed by atoms with van der Waals surface area (Å²) in [7, 11) is 0. The average molecular weight is 293 g/mol. The molecule has 1 atom stereocenters. The predicted octanol–water partition coefficient (Wildman–Crippen LogP) is 1.46. The second-order valence-electron chi connectivity index (χ2n) is 5.68. The Kier molecular flexibility index (Phi) is 5.42. The molecule has 2 rings (SSSR count). The summed E-state index contributed by atoms with van der Waals surface area (Å²) in [6.07, 6.45) is 0. The zero-order valence-corrected chi connectivity index (χ0v) is 13.6. The summed E-state index contributed by atoms with van der Waals surface area (Å²) >= 11 is 0. The fourth-order valence-corrected chi connectivity index (χ4v) is 2.95. The van der Waals surface area contributed by atoms with E-state index in [1.54, 1.807) is 0 Å². The van der Waals surface area contributed by atoms with Gasteiger partial charge in [-0.3, -0.25) is 4.79 Å². The molecule has 0 radical (unpaired) electrons. The average Bonchev–Trinajstić information content (AvgIpc) is 2.78. The number of amides is 1. The molecular weight excluding hydrogens is 266 g/mol. The Balaban J connectivity index is 1.91. The van der Waals surface area contributed by atoms with E-state index in [1.807, 2.05) is 11.8 Å². The topological polar surface area (TPSA) is 46.5 Å². The molecule has 21 heavy (non-hydrogen) atoms. The Morgan fingerprint density at radius 2 is 2.05 bits per heavy atom. The van der Waals surface area contributed by atoms with Gasteiger partial charge >= 0.3 is 0 Å². The largest absolute Gasteiger partial charge is 0.378 e. The number of nitrogens with one attached hydrogen (secondary N) is 1. The van der Waals surface area contributed by atoms with Crippen LogP contribution in [-0.2, 0) is 22.6 Å². The number of aryl methyl sites for hydroxylation is 1. The molecule has 1 unspecified atom stereocenters. The highest BCUT2D eigenvalue weighted by atomic mass is 16.5. The molecule has 118 valence electrons. The number of hydrogen-bond donors (Lipinski definition) is 1. The molecule has 0 aliphatic carbocycles. The quantitative estimate of drug-likeness (QED) is 0.894. The van der Waals surface area contributed by atoms with Crippen LogP contribution in [0, 0.1) is 13.8 Å². The van der Waals surface area contributed by atoms with Crippen molar-refractivity contribution in [1.82, 2.24) is 14.8 Å². The fourth-order valence-electron chi connectivity index (χ4n) is 2.95. The van der Waals surface area contributed by atoms with Crippen LogP contribution in [0.15, 0.2) is 6.07 Å². The first-order valence-corrected chi connectivity index (χ1v) is 7.80. The molecule has 0 aromatic carbocycles. The van der Waals surface area contributed by atoms with E-state index in [4.69, 9.17) is 4.74 Å². The molecule has 2 heterocycles. The molecule has 1 aliphatic heterocycles. The van der Waals surface area contributed by atoms with Crippen molar-refractivity contribution in [1.29, 1.82) is 0 Å². The number of rotatable bonds is 5. The van der Waals surface area contributed by atoms with Gasteiger partial charge in [0, 0.05) is 37.6 Å². The number of ether oxygens (including phenoxy) is 1. The Morgan fingerprint density at radius 3 is 2.62 bits per heavy atom. The maximum absolute atomic E-state index is 12.3. The molecule has 1 aromatic rings. The van der Waals surface area contributed by atoms with Crippen LogP contribution in [0.25, 0.3) is 0 Å². The van der Waals surface area contributed by atoms with Crippen molar-refractivity contribution in [2.24, 2.45) is 0 Å². The summed E-state index contributed by atoms with van der Waals surface area (Å²) in [6.45, 7) is 12.8. The minimum Gasteiger partial charge on any atom is -0.378 e. The second kappa shape index (κ2) is 7.09. The Labute approximate surface area is 127 Å². The van der Waals surface area contributed by atoms with E-state index in [9.17, 15) is 4.79 Å². The molecule has 1 fully saturated rings. The molecule has 5 heteroatoms.